The van der Waals surface area contributed by atoms with E-state index in [0.29, 0.717) is 6.61 Å². The van der Waals surface area contributed by atoms with Gasteiger partial charge in [-0.05, 0) is 6.92 Å². The highest BCUT2D eigenvalue weighted by molar-refractivity contribution is 5.77. The lowest BCUT2D eigenvalue weighted by Crippen LogP contribution is -2.36. The van der Waals surface area contributed by atoms with E-state index in [1.54, 1.807) is 6.92 Å². The van der Waals surface area contributed by atoms with Gasteiger partial charge in [0.25, 0.3) is 0 Å². The Morgan fingerprint density at radius 1 is 1.47 bits per heavy atom. The predicted octanol–water partition coefficient (Wildman–Crippen LogP) is -0.371. The molecule has 0 radical (unpaired) electrons. The van der Waals surface area contributed by atoms with E-state index in [4.69, 9.17) is 14.6 Å². The maximum absolute atomic E-state index is 11.1. The van der Waals surface area contributed by atoms with Gasteiger partial charge < -0.3 is 19.9 Å². The van der Waals surface area contributed by atoms with Crippen LogP contribution in [0.3, 0.4) is 0 Å². The first-order valence-corrected chi connectivity index (χ1v) is 4.69. The van der Waals surface area contributed by atoms with Gasteiger partial charge in [0.05, 0.1) is 12.5 Å². The Morgan fingerprint density at radius 2 is 2.13 bits per heavy atom. The highest BCUT2D eigenvalue weighted by Crippen LogP contribution is 1.95. The summed E-state index contributed by atoms with van der Waals surface area (Å²) in [6, 6.07) is 0. The average Bonchev–Trinajstić information content (AvgIpc) is 2.20. The fraction of sp³-hybridized carbons (Fsp3) is 0.778. The van der Waals surface area contributed by atoms with Crippen LogP contribution in [0.1, 0.15) is 13.3 Å². The minimum atomic E-state index is -0.957. The molecule has 6 heteroatoms. The molecule has 1 amide bonds. The highest BCUT2D eigenvalue weighted by Gasteiger charge is 2.13. The Hall–Kier alpha value is -1.14. The zero-order valence-electron chi connectivity index (χ0n) is 8.99. The molecule has 15 heavy (non-hydrogen) atoms. The zero-order chi connectivity index (χ0) is 11.7. The molecule has 0 bridgehead atoms. The molecule has 0 aromatic rings. The lowest BCUT2D eigenvalue weighted by molar-refractivity contribution is -0.140. The normalized spacial score (nSPS) is 12.1. The Morgan fingerprint density at radius 3 is 2.60 bits per heavy atom. The predicted molar refractivity (Wildman–Crippen MR) is 52.6 cm³/mol. The number of carbonyl (C=O) groups excluding carboxylic acids is 1. The standard InChI is InChI=1S/C9H17NO5/c1-3-15-6-8(11)10-5-7(14-2)4-9(12)13/h7H,3-6H2,1-2H3,(H,10,11)(H,12,13). The van der Waals surface area contributed by atoms with Crippen LogP contribution in [0.4, 0.5) is 0 Å². The first-order valence-electron chi connectivity index (χ1n) is 4.69. The number of amides is 1. The molecule has 88 valence electrons. The van der Waals surface area contributed by atoms with E-state index in [9.17, 15) is 9.59 Å². The number of aliphatic carboxylic acids is 1. The molecule has 0 rings (SSSR count). The summed E-state index contributed by atoms with van der Waals surface area (Å²) in [4.78, 5) is 21.4. The van der Waals surface area contributed by atoms with Crippen molar-refractivity contribution in [1.82, 2.24) is 5.32 Å². The van der Waals surface area contributed by atoms with Crippen LogP contribution >= 0.6 is 0 Å². The van der Waals surface area contributed by atoms with Gasteiger partial charge in [0, 0.05) is 20.3 Å². The topological polar surface area (TPSA) is 84.9 Å². The summed E-state index contributed by atoms with van der Waals surface area (Å²) in [5, 5.41) is 11.0. The van der Waals surface area contributed by atoms with Gasteiger partial charge in [-0.2, -0.15) is 0 Å². The first-order chi connectivity index (χ1) is 7.10. The second kappa shape index (κ2) is 8.19. The fourth-order valence-corrected chi connectivity index (χ4v) is 0.907. The molecule has 0 saturated heterocycles. The third-order valence-electron chi connectivity index (χ3n) is 1.70. The number of hydrogen-bond donors (Lipinski definition) is 2. The van der Waals surface area contributed by atoms with Crippen LogP contribution in [-0.2, 0) is 19.1 Å². The molecule has 0 aliphatic carbocycles. The van der Waals surface area contributed by atoms with Crippen LogP contribution in [0.15, 0.2) is 0 Å². The van der Waals surface area contributed by atoms with Gasteiger partial charge in [-0.3, -0.25) is 9.59 Å². The maximum atomic E-state index is 11.1. The molecular weight excluding hydrogens is 202 g/mol. The number of hydrogen-bond acceptors (Lipinski definition) is 4. The largest absolute Gasteiger partial charge is 0.481 e. The molecule has 0 aliphatic rings. The van der Waals surface area contributed by atoms with E-state index in [1.807, 2.05) is 0 Å². The average molecular weight is 219 g/mol. The van der Waals surface area contributed by atoms with E-state index in [-0.39, 0.29) is 25.5 Å². The second-order valence-corrected chi connectivity index (χ2v) is 2.90. The minimum absolute atomic E-state index is 0.0139. The number of carbonyl (C=O) groups is 2. The van der Waals surface area contributed by atoms with E-state index in [0.717, 1.165) is 0 Å². The van der Waals surface area contributed by atoms with E-state index >= 15 is 0 Å². The third-order valence-corrected chi connectivity index (χ3v) is 1.70. The van der Waals surface area contributed by atoms with Gasteiger partial charge in [-0.25, -0.2) is 0 Å². The molecule has 0 aliphatic heterocycles. The molecule has 6 nitrogen and oxygen atoms in total. The van der Waals surface area contributed by atoms with Crippen LogP contribution in [0, 0.1) is 0 Å². The summed E-state index contributed by atoms with van der Waals surface area (Å²) < 4.78 is 9.75. The maximum Gasteiger partial charge on any atom is 0.306 e. The summed E-state index contributed by atoms with van der Waals surface area (Å²) in [7, 11) is 1.41. The number of carboxylic acids is 1. The molecular formula is C9H17NO5. The second-order valence-electron chi connectivity index (χ2n) is 2.90. The van der Waals surface area contributed by atoms with Crippen molar-refractivity contribution in [2.24, 2.45) is 0 Å². The highest BCUT2D eigenvalue weighted by atomic mass is 16.5. The van der Waals surface area contributed by atoms with Crippen molar-refractivity contribution in [2.75, 3.05) is 26.9 Å². The molecule has 2 N–H and O–H groups in total. The van der Waals surface area contributed by atoms with Crippen LogP contribution in [0.25, 0.3) is 0 Å². The van der Waals surface area contributed by atoms with E-state index in [2.05, 4.69) is 5.32 Å². The monoisotopic (exact) mass is 219 g/mol. The molecule has 1 atom stereocenters. The number of carboxylic acid groups (broad SMARTS) is 1. The van der Waals surface area contributed by atoms with Crippen molar-refractivity contribution in [2.45, 2.75) is 19.4 Å². The Labute approximate surface area is 88.6 Å². The number of ether oxygens (including phenoxy) is 2. The van der Waals surface area contributed by atoms with E-state index in [1.165, 1.54) is 7.11 Å². The smallest absolute Gasteiger partial charge is 0.306 e. The van der Waals surface area contributed by atoms with Crippen LogP contribution in [0.5, 0.6) is 0 Å². The van der Waals surface area contributed by atoms with Crippen LogP contribution in [0.2, 0.25) is 0 Å². The van der Waals surface area contributed by atoms with Crippen molar-refractivity contribution >= 4 is 11.9 Å². The summed E-state index contributed by atoms with van der Waals surface area (Å²) in [5.74, 6) is -1.23. The summed E-state index contributed by atoms with van der Waals surface area (Å²) >= 11 is 0. The van der Waals surface area contributed by atoms with Crippen molar-refractivity contribution in [1.29, 1.82) is 0 Å². The number of rotatable bonds is 8. The molecule has 0 aromatic heterocycles. The van der Waals surface area contributed by atoms with E-state index < -0.39 is 12.1 Å². The zero-order valence-corrected chi connectivity index (χ0v) is 8.99. The number of nitrogens with one attached hydrogen (secondary N) is 1. The lowest BCUT2D eigenvalue weighted by Gasteiger charge is -2.13. The lowest BCUT2D eigenvalue weighted by atomic mass is 10.2. The van der Waals surface area contributed by atoms with Gasteiger partial charge in [0.2, 0.25) is 5.91 Å². The molecule has 0 heterocycles. The van der Waals surface area contributed by atoms with Gasteiger partial charge in [0.1, 0.15) is 6.61 Å². The minimum Gasteiger partial charge on any atom is -0.481 e. The molecule has 0 saturated carbocycles. The summed E-state index contributed by atoms with van der Waals surface area (Å²) in [6.45, 7) is 2.42. The van der Waals surface area contributed by atoms with Crippen molar-refractivity contribution in [3.05, 3.63) is 0 Å². The third kappa shape index (κ3) is 7.90. The summed E-state index contributed by atoms with van der Waals surface area (Å²) in [5.41, 5.74) is 0. The Kier molecular flexibility index (Phi) is 7.57. The SMILES string of the molecule is CCOCC(=O)NCC(CC(=O)O)OC. The first kappa shape index (κ1) is 13.9. The number of methoxy groups -OCH3 is 1. The van der Waals surface area contributed by atoms with Crippen molar-refractivity contribution < 1.29 is 24.2 Å². The molecule has 0 fully saturated rings. The quantitative estimate of drug-likeness (QED) is 0.581. The molecule has 1 unspecified atom stereocenters. The van der Waals surface area contributed by atoms with Crippen molar-refractivity contribution in [3.63, 3.8) is 0 Å². The van der Waals surface area contributed by atoms with Crippen molar-refractivity contribution in [3.8, 4) is 0 Å². The van der Waals surface area contributed by atoms with Gasteiger partial charge in [-0.15, -0.1) is 0 Å². The summed E-state index contributed by atoms with van der Waals surface area (Å²) in [6.07, 6.45) is -0.640. The van der Waals surface area contributed by atoms with Gasteiger partial charge in [0.15, 0.2) is 0 Å². The molecule has 0 aromatic carbocycles. The Bertz CT molecular complexity index is 207. The Balaban J connectivity index is 3.69. The van der Waals surface area contributed by atoms with Crippen LogP contribution < -0.4 is 5.32 Å². The van der Waals surface area contributed by atoms with Gasteiger partial charge >= 0.3 is 5.97 Å². The molecule has 0 spiro atoms. The van der Waals surface area contributed by atoms with Gasteiger partial charge in [-0.1, -0.05) is 0 Å². The van der Waals surface area contributed by atoms with Crippen LogP contribution in [-0.4, -0.2) is 50.0 Å². The fourth-order valence-electron chi connectivity index (χ4n) is 0.907.